The van der Waals surface area contributed by atoms with E-state index in [1.807, 2.05) is 31.2 Å². The van der Waals surface area contributed by atoms with Gasteiger partial charge in [-0.25, -0.2) is 9.59 Å². The minimum absolute atomic E-state index is 0.0833. The number of benzene rings is 2. The Bertz CT molecular complexity index is 634. The maximum atomic E-state index is 10.3. The van der Waals surface area contributed by atoms with Crippen LogP contribution in [0.15, 0.2) is 48.5 Å². The van der Waals surface area contributed by atoms with E-state index < -0.39 is 11.9 Å². The Hall–Kier alpha value is -3.13. The molecule has 0 fully saturated rings. The summed E-state index contributed by atoms with van der Waals surface area (Å²) in [5.41, 5.74) is 2.08. The summed E-state index contributed by atoms with van der Waals surface area (Å²) < 4.78 is 0. The molecule has 0 aliphatic carbocycles. The fraction of sp³-hybridized carbons (Fsp3) is 0.0625. The van der Waals surface area contributed by atoms with Gasteiger partial charge in [-0.15, -0.1) is 0 Å². The first-order valence-electron chi connectivity index (χ1n) is 5.97. The molecule has 2 N–H and O–H groups in total. The lowest BCUT2D eigenvalue weighted by Gasteiger charge is -1.94. The van der Waals surface area contributed by atoms with Crippen LogP contribution in [0.4, 0.5) is 0 Å². The van der Waals surface area contributed by atoms with Crippen LogP contribution in [0.3, 0.4) is 0 Å². The van der Waals surface area contributed by atoms with Gasteiger partial charge in [0.1, 0.15) is 0 Å². The molecule has 0 radical (unpaired) electrons. The molecule has 106 valence electrons. The van der Waals surface area contributed by atoms with E-state index in [1.165, 1.54) is 29.8 Å². The molecule has 0 unspecified atom stereocenters. The Balaban J connectivity index is 0.000000219. The third kappa shape index (κ3) is 5.17. The van der Waals surface area contributed by atoms with Gasteiger partial charge in [0.25, 0.3) is 0 Å². The summed E-state index contributed by atoms with van der Waals surface area (Å²) in [7, 11) is 0. The van der Waals surface area contributed by atoms with Crippen LogP contribution in [0, 0.1) is 18.3 Å². The zero-order valence-electron chi connectivity index (χ0n) is 11.3. The Morgan fingerprint density at radius 2 is 1.24 bits per heavy atom. The predicted molar refractivity (Wildman–Crippen MR) is 76.3 cm³/mol. The minimum atomic E-state index is -1.06. The van der Waals surface area contributed by atoms with E-state index in [0.29, 0.717) is 0 Å². The van der Waals surface area contributed by atoms with Crippen LogP contribution in [0.5, 0.6) is 0 Å². The average Bonchev–Trinajstić information content (AvgIpc) is 2.49. The smallest absolute Gasteiger partial charge is 0.335 e. The molecule has 21 heavy (non-hydrogen) atoms. The van der Waals surface area contributed by atoms with Crippen LogP contribution >= 0.6 is 0 Å². The van der Waals surface area contributed by atoms with E-state index in [0.717, 1.165) is 5.56 Å². The highest BCUT2D eigenvalue weighted by Crippen LogP contribution is 2.03. The van der Waals surface area contributed by atoms with Gasteiger partial charge in [0.2, 0.25) is 0 Å². The van der Waals surface area contributed by atoms with Gasteiger partial charge < -0.3 is 10.2 Å². The Morgan fingerprint density at radius 1 is 0.857 bits per heavy atom. The predicted octanol–water partition coefficient (Wildman–Crippen LogP) is 2.95. The molecule has 2 aromatic carbocycles. The number of carbonyl (C=O) groups is 2. The van der Waals surface area contributed by atoms with Crippen molar-refractivity contribution in [2.24, 2.45) is 0 Å². The Labute approximate surface area is 121 Å². The average molecular weight is 283 g/mol. The number of nitriles is 1. The zero-order chi connectivity index (χ0) is 15.8. The summed E-state index contributed by atoms with van der Waals surface area (Å²) in [5.74, 6) is -2.13. The maximum Gasteiger partial charge on any atom is 0.335 e. The molecule has 2 aromatic rings. The fourth-order valence-corrected chi connectivity index (χ4v) is 1.38. The van der Waals surface area contributed by atoms with Crippen LogP contribution < -0.4 is 0 Å². The molecule has 5 nitrogen and oxygen atoms in total. The molecule has 0 heterocycles. The molecular weight excluding hydrogens is 270 g/mol. The van der Waals surface area contributed by atoms with Gasteiger partial charge in [0, 0.05) is 0 Å². The quantitative estimate of drug-likeness (QED) is 0.882. The van der Waals surface area contributed by atoms with Gasteiger partial charge in [-0.05, 0) is 43.3 Å². The maximum absolute atomic E-state index is 10.3. The van der Waals surface area contributed by atoms with Crippen molar-refractivity contribution in [2.75, 3.05) is 0 Å². The fourth-order valence-electron chi connectivity index (χ4n) is 1.38. The van der Waals surface area contributed by atoms with Crippen LogP contribution in [-0.4, -0.2) is 22.2 Å². The number of carboxylic acid groups (broad SMARTS) is 2. The first-order chi connectivity index (χ1) is 9.93. The molecule has 0 saturated heterocycles. The lowest BCUT2D eigenvalue weighted by Crippen LogP contribution is -1.99. The topological polar surface area (TPSA) is 98.4 Å². The highest BCUT2D eigenvalue weighted by atomic mass is 16.4. The molecule has 2 rings (SSSR count). The molecule has 0 aliphatic rings. The van der Waals surface area contributed by atoms with E-state index >= 15 is 0 Å². The Morgan fingerprint density at radius 3 is 1.52 bits per heavy atom. The molecule has 0 amide bonds. The summed E-state index contributed by atoms with van der Waals surface area (Å²) >= 11 is 0. The second kappa shape index (κ2) is 7.46. The minimum Gasteiger partial charge on any atom is -0.478 e. The van der Waals surface area contributed by atoms with Gasteiger partial charge in [-0.2, -0.15) is 5.26 Å². The molecule has 0 spiro atoms. The molecule has 0 aromatic heterocycles. The normalized spacial score (nSPS) is 8.95. The molecule has 5 heteroatoms. The van der Waals surface area contributed by atoms with Crippen LogP contribution in [0.2, 0.25) is 0 Å². The molecule has 0 bridgehead atoms. The van der Waals surface area contributed by atoms with Crippen molar-refractivity contribution in [3.8, 4) is 6.07 Å². The summed E-state index contributed by atoms with van der Waals surface area (Å²) in [4.78, 5) is 20.7. The van der Waals surface area contributed by atoms with E-state index in [1.54, 1.807) is 0 Å². The molecular formula is C16H13NO4. The number of aromatic carboxylic acids is 2. The summed E-state index contributed by atoms with van der Waals surface area (Å²) in [6, 6.07) is 14.6. The number of rotatable bonds is 2. The summed E-state index contributed by atoms with van der Waals surface area (Å²) in [6.07, 6.45) is 0. The zero-order valence-corrected chi connectivity index (χ0v) is 11.3. The van der Waals surface area contributed by atoms with Gasteiger partial charge >= 0.3 is 11.9 Å². The first-order valence-corrected chi connectivity index (χ1v) is 5.97. The van der Waals surface area contributed by atoms with Gasteiger partial charge in [0.15, 0.2) is 0 Å². The van der Waals surface area contributed by atoms with E-state index in [2.05, 4.69) is 6.07 Å². The molecule has 0 atom stereocenters. The standard InChI is InChI=1S/C8H7N.C8H6O4/c1-7-2-4-8(6-9)5-3-7;9-7(10)5-1-2-6(4-3-5)8(11)12/h2-5H,1H3;1-4H,(H,9,10)(H,11,12). The van der Waals surface area contributed by atoms with Gasteiger partial charge in [-0.1, -0.05) is 17.7 Å². The number of hydrogen-bond acceptors (Lipinski definition) is 3. The highest BCUT2D eigenvalue weighted by molar-refractivity contribution is 5.91. The second-order valence-electron chi connectivity index (χ2n) is 4.17. The third-order valence-corrected chi connectivity index (χ3v) is 2.56. The van der Waals surface area contributed by atoms with Crippen LogP contribution in [-0.2, 0) is 0 Å². The number of hydrogen-bond donors (Lipinski definition) is 2. The Kier molecular flexibility index (Phi) is 5.66. The number of aryl methyl sites for hydroxylation is 1. The lowest BCUT2D eigenvalue weighted by molar-refractivity contribution is 0.0681. The van der Waals surface area contributed by atoms with Crippen molar-refractivity contribution >= 4 is 11.9 Å². The number of nitrogens with zero attached hydrogens (tertiary/aromatic N) is 1. The van der Waals surface area contributed by atoms with Gasteiger partial charge in [0.05, 0.1) is 22.8 Å². The van der Waals surface area contributed by atoms with Crippen molar-refractivity contribution in [1.29, 1.82) is 5.26 Å². The van der Waals surface area contributed by atoms with Crippen molar-refractivity contribution in [3.05, 3.63) is 70.8 Å². The summed E-state index contributed by atoms with van der Waals surface area (Å²) in [5, 5.41) is 25.3. The van der Waals surface area contributed by atoms with Crippen LogP contribution in [0.1, 0.15) is 31.8 Å². The molecule has 0 aliphatic heterocycles. The van der Waals surface area contributed by atoms with E-state index in [4.69, 9.17) is 15.5 Å². The van der Waals surface area contributed by atoms with Crippen molar-refractivity contribution in [3.63, 3.8) is 0 Å². The monoisotopic (exact) mass is 283 g/mol. The van der Waals surface area contributed by atoms with Gasteiger partial charge in [-0.3, -0.25) is 0 Å². The van der Waals surface area contributed by atoms with E-state index in [-0.39, 0.29) is 11.1 Å². The largest absolute Gasteiger partial charge is 0.478 e. The highest BCUT2D eigenvalue weighted by Gasteiger charge is 2.04. The van der Waals surface area contributed by atoms with E-state index in [9.17, 15) is 9.59 Å². The third-order valence-electron chi connectivity index (χ3n) is 2.56. The number of carboxylic acids is 2. The second-order valence-corrected chi connectivity index (χ2v) is 4.17. The van der Waals surface area contributed by atoms with Crippen molar-refractivity contribution in [2.45, 2.75) is 6.92 Å². The lowest BCUT2D eigenvalue weighted by atomic mass is 10.1. The van der Waals surface area contributed by atoms with Crippen molar-refractivity contribution < 1.29 is 19.8 Å². The SMILES string of the molecule is Cc1ccc(C#N)cc1.O=C(O)c1ccc(C(=O)O)cc1. The first kappa shape index (κ1) is 15.9. The molecule has 0 saturated carbocycles. The summed E-state index contributed by atoms with van der Waals surface area (Å²) in [6.45, 7) is 2.00. The van der Waals surface area contributed by atoms with Crippen LogP contribution in [0.25, 0.3) is 0 Å². The van der Waals surface area contributed by atoms with Crippen molar-refractivity contribution in [1.82, 2.24) is 0 Å².